The van der Waals surface area contributed by atoms with Gasteiger partial charge in [0, 0.05) is 29.4 Å². The van der Waals surface area contributed by atoms with Gasteiger partial charge >= 0.3 is 0 Å². The Hall–Kier alpha value is -1.99. The summed E-state index contributed by atoms with van der Waals surface area (Å²) in [6, 6.07) is 3.86. The molecule has 2 aromatic rings. The summed E-state index contributed by atoms with van der Waals surface area (Å²) in [5, 5.41) is 9.42. The Labute approximate surface area is 116 Å². The summed E-state index contributed by atoms with van der Waals surface area (Å²) in [5.74, 6) is 1.23. The van der Waals surface area contributed by atoms with E-state index in [-0.39, 0.29) is 0 Å². The lowest BCUT2D eigenvalue weighted by molar-refractivity contribution is 0.921. The lowest BCUT2D eigenvalue weighted by Crippen LogP contribution is -2.00. The summed E-state index contributed by atoms with van der Waals surface area (Å²) in [7, 11) is 0. The van der Waals surface area contributed by atoms with Crippen molar-refractivity contribution < 1.29 is 0 Å². The maximum atomic E-state index is 8.94. The van der Waals surface area contributed by atoms with Crippen molar-refractivity contribution in [2.24, 2.45) is 0 Å². The van der Waals surface area contributed by atoms with Gasteiger partial charge in [0.2, 0.25) is 0 Å². The van der Waals surface area contributed by atoms with Crippen LogP contribution >= 0.6 is 11.6 Å². The van der Waals surface area contributed by atoms with Gasteiger partial charge in [0.25, 0.3) is 0 Å². The molecule has 0 spiro atoms. The standard InChI is InChI=1S/C14H11ClN4/c1-8-12(11-4-9(5-16)6-17-7-11)18-14(10-2-3-10)19-13(8)15/h4,6-7,10H,2-3H2,1H3. The minimum Gasteiger partial charge on any atom is -0.263 e. The summed E-state index contributed by atoms with van der Waals surface area (Å²) in [6.07, 6.45) is 5.47. The molecule has 1 aliphatic carbocycles. The molecule has 94 valence electrons. The fraction of sp³-hybridized carbons (Fsp3) is 0.286. The Balaban J connectivity index is 2.15. The molecule has 5 heteroatoms. The van der Waals surface area contributed by atoms with Crippen molar-refractivity contribution >= 4 is 11.6 Å². The average molecular weight is 271 g/mol. The Kier molecular flexibility index (Phi) is 2.92. The molecule has 2 aromatic heterocycles. The topological polar surface area (TPSA) is 62.5 Å². The second-order valence-electron chi connectivity index (χ2n) is 4.69. The number of nitriles is 1. The van der Waals surface area contributed by atoms with Crippen molar-refractivity contribution in [3.8, 4) is 17.3 Å². The van der Waals surface area contributed by atoms with Gasteiger partial charge in [-0.15, -0.1) is 0 Å². The molecule has 0 saturated heterocycles. The molecule has 0 amide bonds. The van der Waals surface area contributed by atoms with Crippen molar-refractivity contribution in [1.82, 2.24) is 15.0 Å². The van der Waals surface area contributed by atoms with Crippen LogP contribution in [-0.2, 0) is 0 Å². The third kappa shape index (κ3) is 2.29. The molecular formula is C14H11ClN4. The SMILES string of the molecule is Cc1c(Cl)nc(C2CC2)nc1-c1cncc(C#N)c1. The van der Waals surface area contributed by atoms with Gasteiger partial charge in [-0.1, -0.05) is 11.6 Å². The Morgan fingerprint density at radius 3 is 2.79 bits per heavy atom. The van der Waals surface area contributed by atoms with Crippen LogP contribution in [0.1, 0.15) is 35.7 Å². The van der Waals surface area contributed by atoms with Gasteiger partial charge in [-0.25, -0.2) is 9.97 Å². The summed E-state index contributed by atoms with van der Waals surface area (Å²) in [5.41, 5.74) is 2.91. The molecule has 1 saturated carbocycles. The van der Waals surface area contributed by atoms with E-state index in [1.165, 1.54) is 6.20 Å². The van der Waals surface area contributed by atoms with Crippen molar-refractivity contribution in [3.05, 3.63) is 40.6 Å². The predicted molar refractivity (Wildman–Crippen MR) is 71.7 cm³/mol. The van der Waals surface area contributed by atoms with E-state index in [1.807, 2.05) is 6.92 Å². The van der Waals surface area contributed by atoms with E-state index in [2.05, 4.69) is 21.0 Å². The van der Waals surface area contributed by atoms with Gasteiger partial charge < -0.3 is 0 Å². The molecule has 1 fully saturated rings. The normalized spacial score (nSPS) is 14.2. The van der Waals surface area contributed by atoms with Gasteiger partial charge in [-0.2, -0.15) is 5.26 Å². The smallest absolute Gasteiger partial charge is 0.136 e. The predicted octanol–water partition coefficient (Wildman–Crippen LogP) is 3.25. The molecule has 0 aliphatic heterocycles. The monoisotopic (exact) mass is 270 g/mol. The second kappa shape index (κ2) is 4.60. The zero-order valence-corrected chi connectivity index (χ0v) is 11.1. The molecule has 19 heavy (non-hydrogen) atoms. The Bertz CT molecular complexity index is 686. The zero-order chi connectivity index (χ0) is 13.4. The number of hydrogen-bond acceptors (Lipinski definition) is 4. The van der Waals surface area contributed by atoms with E-state index in [1.54, 1.807) is 12.3 Å². The third-order valence-corrected chi connectivity index (χ3v) is 3.55. The average Bonchev–Trinajstić information content (AvgIpc) is 3.26. The Morgan fingerprint density at radius 2 is 2.11 bits per heavy atom. The van der Waals surface area contributed by atoms with E-state index >= 15 is 0 Å². The molecule has 0 bridgehead atoms. The van der Waals surface area contributed by atoms with Crippen molar-refractivity contribution in [3.63, 3.8) is 0 Å². The molecule has 3 rings (SSSR count). The first-order chi connectivity index (χ1) is 9.19. The lowest BCUT2D eigenvalue weighted by atomic mass is 10.1. The second-order valence-corrected chi connectivity index (χ2v) is 5.05. The fourth-order valence-electron chi connectivity index (χ4n) is 1.94. The highest BCUT2D eigenvalue weighted by Gasteiger charge is 2.28. The molecule has 0 unspecified atom stereocenters. The van der Waals surface area contributed by atoms with Crippen molar-refractivity contribution in [2.75, 3.05) is 0 Å². The van der Waals surface area contributed by atoms with Crippen molar-refractivity contribution in [1.29, 1.82) is 5.26 Å². The molecule has 1 aliphatic rings. The van der Waals surface area contributed by atoms with Crippen LogP contribution in [0.4, 0.5) is 0 Å². The number of nitrogens with zero attached hydrogens (tertiary/aromatic N) is 4. The van der Waals surface area contributed by atoms with E-state index < -0.39 is 0 Å². The van der Waals surface area contributed by atoms with Crippen LogP contribution in [0.25, 0.3) is 11.3 Å². The van der Waals surface area contributed by atoms with E-state index in [4.69, 9.17) is 16.9 Å². The van der Waals surface area contributed by atoms with Crippen LogP contribution in [0.3, 0.4) is 0 Å². The van der Waals surface area contributed by atoms with Crippen LogP contribution in [-0.4, -0.2) is 15.0 Å². The van der Waals surface area contributed by atoms with Gasteiger partial charge in [-0.05, 0) is 25.8 Å². The van der Waals surface area contributed by atoms with E-state index in [0.29, 0.717) is 16.6 Å². The van der Waals surface area contributed by atoms with Crippen LogP contribution in [0.2, 0.25) is 5.15 Å². The van der Waals surface area contributed by atoms with Crippen molar-refractivity contribution in [2.45, 2.75) is 25.7 Å². The third-order valence-electron chi connectivity index (χ3n) is 3.19. The first kappa shape index (κ1) is 12.1. The molecule has 4 nitrogen and oxygen atoms in total. The van der Waals surface area contributed by atoms with Crippen LogP contribution in [0.15, 0.2) is 18.5 Å². The Morgan fingerprint density at radius 1 is 1.32 bits per heavy atom. The van der Waals surface area contributed by atoms with Gasteiger partial charge in [0.1, 0.15) is 17.0 Å². The molecular weight excluding hydrogens is 260 g/mol. The first-order valence-corrected chi connectivity index (χ1v) is 6.46. The minimum absolute atomic E-state index is 0.434. The fourth-order valence-corrected chi connectivity index (χ4v) is 2.12. The number of aromatic nitrogens is 3. The highest BCUT2D eigenvalue weighted by Crippen LogP contribution is 2.40. The van der Waals surface area contributed by atoms with Gasteiger partial charge in [0.05, 0.1) is 11.3 Å². The highest BCUT2D eigenvalue weighted by molar-refractivity contribution is 6.30. The summed E-state index contributed by atoms with van der Waals surface area (Å²) >= 11 is 6.18. The van der Waals surface area contributed by atoms with E-state index in [9.17, 15) is 0 Å². The molecule has 2 heterocycles. The zero-order valence-electron chi connectivity index (χ0n) is 10.4. The number of pyridine rings is 1. The molecule has 0 radical (unpaired) electrons. The maximum Gasteiger partial charge on any atom is 0.136 e. The maximum absolute atomic E-state index is 8.94. The number of hydrogen-bond donors (Lipinski definition) is 0. The largest absolute Gasteiger partial charge is 0.263 e. The number of rotatable bonds is 2. The highest BCUT2D eigenvalue weighted by atomic mass is 35.5. The molecule has 0 aromatic carbocycles. The summed E-state index contributed by atoms with van der Waals surface area (Å²) < 4.78 is 0. The summed E-state index contributed by atoms with van der Waals surface area (Å²) in [4.78, 5) is 13.0. The quantitative estimate of drug-likeness (QED) is 0.786. The number of halogens is 1. The van der Waals surface area contributed by atoms with Gasteiger partial charge in [-0.3, -0.25) is 4.98 Å². The first-order valence-electron chi connectivity index (χ1n) is 6.08. The summed E-state index contributed by atoms with van der Waals surface area (Å²) in [6.45, 7) is 1.88. The van der Waals surface area contributed by atoms with Gasteiger partial charge in [0.15, 0.2) is 0 Å². The lowest BCUT2D eigenvalue weighted by Gasteiger charge is -2.09. The minimum atomic E-state index is 0.434. The van der Waals surface area contributed by atoms with Crippen LogP contribution < -0.4 is 0 Å². The van der Waals surface area contributed by atoms with E-state index in [0.717, 1.165) is 35.5 Å². The van der Waals surface area contributed by atoms with Crippen LogP contribution in [0, 0.1) is 18.3 Å². The molecule has 0 atom stereocenters. The molecule has 0 N–H and O–H groups in total. The van der Waals surface area contributed by atoms with Crippen LogP contribution in [0.5, 0.6) is 0 Å².